The fourth-order valence-corrected chi connectivity index (χ4v) is 0.203. The van der Waals surface area contributed by atoms with Gasteiger partial charge in [-0.1, -0.05) is 12.5 Å². The van der Waals surface area contributed by atoms with E-state index in [9.17, 15) is 4.79 Å². The molecule has 0 rings (SSSR count). The van der Waals surface area contributed by atoms with Crippen LogP contribution in [0, 0.1) is 6.42 Å². The van der Waals surface area contributed by atoms with Crippen molar-refractivity contribution in [2.45, 2.75) is 26.3 Å². The summed E-state index contributed by atoms with van der Waals surface area (Å²) in [6.07, 6.45) is 1.69. The van der Waals surface area contributed by atoms with Crippen molar-refractivity contribution in [1.29, 1.82) is 0 Å². The van der Waals surface area contributed by atoms with Gasteiger partial charge in [-0.15, -0.1) is 0 Å². The Balaban J connectivity index is 0. The van der Waals surface area contributed by atoms with Crippen molar-refractivity contribution >= 4 is 5.78 Å². The van der Waals surface area contributed by atoms with E-state index in [1.54, 1.807) is 20.3 Å². The molecule has 51 valence electrons. The van der Waals surface area contributed by atoms with Gasteiger partial charge >= 0.3 is 0 Å². The molecule has 0 aromatic rings. The topological polar surface area (TPSA) is 43.1 Å². The molecule has 0 saturated carbocycles. The zero-order valence-electron chi connectivity index (χ0n) is 6.14. The molecule has 2 nitrogen and oxygen atoms in total. The number of Topliss-reactive ketones (excluding diaryl/α,β-unsaturated/α-hetero) is 1. The van der Waals surface area contributed by atoms with E-state index < -0.39 is 5.54 Å². The summed E-state index contributed by atoms with van der Waals surface area (Å²) in [5.74, 6) is 0.000000000000000222. The normalized spacial score (nSPS) is 15.6. The quantitative estimate of drug-likeness (QED) is 0.664. The Labute approximate surface area is 81.4 Å². The number of hydrogen-bond donors (Lipinski definition) is 1. The first-order chi connectivity index (χ1) is 3.50. The molecule has 0 aromatic carbocycles. The van der Waals surface area contributed by atoms with Crippen molar-refractivity contribution in [2.24, 2.45) is 5.73 Å². The molecule has 3 heteroatoms. The Morgan fingerprint density at radius 1 is 1.67 bits per heavy atom. The summed E-state index contributed by atoms with van der Waals surface area (Å²) < 4.78 is 0. The monoisotopic (exact) mass is 203 g/mol. The minimum atomic E-state index is -0.722. The smallest absolute Gasteiger partial charge is 0.118 e. The van der Waals surface area contributed by atoms with Crippen molar-refractivity contribution in [3.8, 4) is 0 Å². The fourth-order valence-electron chi connectivity index (χ4n) is 0.203. The van der Waals surface area contributed by atoms with Crippen LogP contribution in [0.25, 0.3) is 0 Å². The second-order valence-electron chi connectivity index (χ2n) is 2.13. The first-order valence-electron chi connectivity index (χ1n) is 2.61. The minimum absolute atomic E-state index is 0. The van der Waals surface area contributed by atoms with Crippen LogP contribution in [0.4, 0.5) is 0 Å². The summed E-state index contributed by atoms with van der Waals surface area (Å²) in [5, 5.41) is 0. The number of rotatable bonds is 2. The van der Waals surface area contributed by atoms with Gasteiger partial charge in [0.1, 0.15) is 5.78 Å². The zero-order chi connectivity index (χ0) is 6.78. The average Bonchev–Trinajstić information content (AvgIpc) is 1.67. The predicted octanol–water partition coefficient (Wildman–Crippen LogP) is 0.514. The van der Waals surface area contributed by atoms with Crippen LogP contribution in [0.15, 0.2) is 0 Å². The van der Waals surface area contributed by atoms with Crippen LogP contribution in [0.1, 0.15) is 20.8 Å². The average molecular weight is 203 g/mol. The minimum Gasteiger partial charge on any atom is -0.347 e. The van der Waals surface area contributed by atoms with Gasteiger partial charge in [-0.2, -0.15) is 6.92 Å². The van der Waals surface area contributed by atoms with Crippen LogP contribution in [0.3, 0.4) is 0 Å². The van der Waals surface area contributed by atoms with Crippen LogP contribution in [0.2, 0.25) is 0 Å². The van der Waals surface area contributed by atoms with Gasteiger partial charge in [0.25, 0.3) is 0 Å². The molecule has 0 amide bonds. The van der Waals surface area contributed by atoms with E-state index in [4.69, 9.17) is 5.73 Å². The van der Waals surface area contributed by atoms with Gasteiger partial charge in [0.15, 0.2) is 0 Å². The maximum absolute atomic E-state index is 10.5. The largest absolute Gasteiger partial charge is 0.347 e. The molecule has 0 aliphatic carbocycles. The summed E-state index contributed by atoms with van der Waals surface area (Å²) in [5.41, 5.74) is 4.73. The number of carbonyl (C=O) groups excluding carboxylic acids is 1. The molecule has 2 N–H and O–H groups in total. The molecule has 0 spiro atoms. The van der Waals surface area contributed by atoms with Crippen LogP contribution >= 0.6 is 0 Å². The maximum Gasteiger partial charge on any atom is 0.118 e. The van der Waals surface area contributed by atoms with Crippen LogP contribution in [0.5, 0.6) is 0 Å². The van der Waals surface area contributed by atoms with E-state index in [0.29, 0.717) is 0 Å². The standard InChI is InChI=1S/C6H12NO.Y/c1-4-6(3,7)5(2)8;/h4H,7H2,1-3H3;/q-1;. The van der Waals surface area contributed by atoms with Gasteiger partial charge in [0, 0.05) is 32.7 Å². The van der Waals surface area contributed by atoms with Crippen molar-refractivity contribution < 1.29 is 37.5 Å². The van der Waals surface area contributed by atoms with Gasteiger partial charge in [-0.3, -0.25) is 0 Å². The third kappa shape index (κ3) is 4.18. The fraction of sp³-hybridized carbons (Fsp3) is 0.667. The van der Waals surface area contributed by atoms with Gasteiger partial charge in [0.2, 0.25) is 0 Å². The van der Waals surface area contributed by atoms with Gasteiger partial charge in [-0.05, 0) is 6.92 Å². The zero-order valence-corrected chi connectivity index (χ0v) is 8.98. The number of ketones is 1. The van der Waals surface area contributed by atoms with E-state index in [1.807, 2.05) is 0 Å². The number of nitrogens with two attached hydrogens (primary N) is 1. The van der Waals surface area contributed by atoms with Crippen molar-refractivity contribution in [3.05, 3.63) is 6.42 Å². The van der Waals surface area contributed by atoms with Gasteiger partial charge < -0.3 is 16.9 Å². The van der Waals surface area contributed by atoms with E-state index in [2.05, 4.69) is 0 Å². The molecule has 1 radical (unpaired) electrons. The Kier molecular flexibility index (Phi) is 6.25. The van der Waals surface area contributed by atoms with E-state index >= 15 is 0 Å². The SMILES string of the molecule is C[CH-]C(C)(N)C(C)=O.[Y]. The summed E-state index contributed by atoms with van der Waals surface area (Å²) in [4.78, 5) is 10.5. The molecule has 0 heterocycles. The molecular formula is C6H12NOY-. The van der Waals surface area contributed by atoms with Crippen molar-refractivity contribution in [2.75, 3.05) is 0 Å². The molecule has 1 atom stereocenters. The predicted molar refractivity (Wildman–Crippen MR) is 33.2 cm³/mol. The Morgan fingerprint density at radius 3 is 2.00 bits per heavy atom. The molecular weight excluding hydrogens is 191 g/mol. The molecule has 0 aromatic heterocycles. The summed E-state index contributed by atoms with van der Waals surface area (Å²) in [6, 6.07) is 0. The summed E-state index contributed by atoms with van der Waals surface area (Å²) in [6.45, 7) is 4.96. The first-order valence-corrected chi connectivity index (χ1v) is 2.61. The number of carbonyl (C=O) groups is 1. The van der Waals surface area contributed by atoms with E-state index in [0.717, 1.165) is 0 Å². The molecule has 1 unspecified atom stereocenters. The van der Waals surface area contributed by atoms with Crippen LogP contribution in [-0.2, 0) is 37.5 Å². The van der Waals surface area contributed by atoms with Gasteiger partial charge in [-0.25, -0.2) is 0 Å². The van der Waals surface area contributed by atoms with E-state index in [-0.39, 0.29) is 38.5 Å². The molecule has 0 aliphatic heterocycles. The Bertz CT molecular complexity index is 101. The van der Waals surface area contributed by atoms with Crippen LogP contribution in [-0.4, -0.2) is 11.3 Å². The Morgan fingerprint density at radius 2 is 2.00 bits per heavy atom. The molecule has 0 saturated heterocycles. The molecule has 9 heavy (non-hydrogen) atoms. The van der Waals surface area contributed by atoms with Gasteiger partial charge in [0.05, 0.1) is 0 Å². The second-order valence-corrected chi connectivity index (χ2v) is 2.13. The maximum atomic E-state index is 10.5. The second kappa shape index (κ2) is 4.53. The van der Waals surface area contributed by atoms with Crippen LogP contribution < -0.4 is 5.73 Å². The summed E-state index contributed by atoms with van der Waals surface area (Å²) in [7, 11) is 0. The van der Waals surface area contributed by atoms with Crippen molar-refractivity contribution in [3.63, 3.8) is 0 Å². The Hall–Kier alpha value is 0.734. The molecule has 0 bridgehead atoms. The third-order valence-electron chi connectivity index (χ3n) is 1.36. The molecule has 0 fully saturated rings. The first kappa shape index (κ1) is 12.4. The summed E-state index contributed by atoms with van der Waals surface area (Å²) >= 11 is 0. The molecule has 0 aliphatic rings. The van der Waals surface area contributed by atoms with Crippen molar-refractivity contribution in [1.82, 2.24) is 0 Å². The third-order valence-corrected chi connectivity index (χ3v) is 1.36. The number of hydrogen-bond acceptors (Lipinski definition) is 2. The van der Waals surface area contributed by atoms with E-state index in [1.165, 1.54) is 6.92 Å².